The topological polar surface area (TPSA) is 16.4 Å². The standard InChI is InChI=1S/C15H17NO.ClH/c1-12-6-7-15(17-12)11-16-9-8-13-4-2-3-5-14(13)10-16;/h2-7H,8-11H2,1H3;1H. The normalized spacial score (nSPS) is 14.9. The Morgan fingerprint density at radius 1 is 1.11 bits per heavy atom. The predicted molar refractivity (Wildman–Crippen MR) is 75.0 cm³/mol. The van der Waals surface area contributed by atoms with Crippen LogP contribution < -0.4 is 0 Å². The minimum absolute atomic E-state index is 0. The molecule has 0 amide bonds. The van der Waals surface area contributed by atoms with Crippen molar-refractivity contribution in [1.82, 2.24) is 4.90 Å². The summed E-state index contributed by atoms with van der Waals surface area (Å²) in [4.78, 5) is 2.45. The average molecular weight is 264 g/mol. The molecule has 0 spiro atoms. The number of furan rings is 1. The Kier molecular flexibility index (Phi) is 4.10. The molecule has 1 aromatic heterocycles. The van der Waals surface area contributed by atoms with E-state index in [0.717, 1.165) is 37.6 Å². The highest BCUT2D eigenvalue weighted by molar-refractivity contribution is 5.85. The first-order valence-electron chi connectivity index (χ1n) is 6.16. The highest BCUT2D eigenvalue weighted by Gasteiger charge is 2.16. The summed E-state index contributed by atoms with van der Waals surface area (Å²) in [5, 5.41) is 0. The Hall–Kier alpha value is -1.25. The molecule has 2 heterocycles. The third-order valence-corrected chi connectivity index (χ3v) is 3.39. The maximum atomic E-state index is 5.63. The van der Waals surface area contributed by atoms with E-state index in [4.69, 9.17) is 4.42 Å². The lowest BCUT2D eigenvalue weighted by atomic mass is 10.00. The Morgan fingerprint density at radius 3 is 2.61 bits per heavy atom. The fraction of sp³-hybridized carbons (Fsp3) is 0.333. The van der Waals surface area contributed by atoms with Gasteiger partial charge in [-0.1, -0.05) is 24.3 Å². The fourth-order valence-electron chi connectivity index (χ4n) is 2.48. The third kappa shape index (κ3) is 2.77. The number of hydrogen-bond acceptors (Lipinski definition) is 2. The van der Waals surface area contributed by atoms with Crippen molar-refractivity contribution in [3.05, 3.63) is 59.0 Å². The van der Waals surface area contributed by atoms with Crippen molar-refractivity contribution in [3.63, 3.8) is 0 Å². The molecule has 1 aliphatic rings. The van der Waals surface area contributed by atoms with Crippen molar-refractivity contribution in [1.29, 1.82) is 0 Å². The minimum atomic E-state index is 0. The Balaban J connectivity index is 0.00000120. The molecular formula is C15H18ClNO. The highest BCUT2D eigenvalue weighted by atomic mass is 35.5. The van der Waals surface area contributed by atoms with E-state index in [-0.39, 0.29) is 12.4 Å². The Labute approximate surface area is 114 Å². The third-order valence-electron chi connectivity index (χ3n) is 3.39. The number of benzene rings is 1. The second-order valence-electron chi connectivity index (χ2n) is 4.74. The maximum Gasteiger partial charge on any atom is 0.118 e. The van der Waals surface area contributed by atoms with Gasteiger partial charge < -0.3 is 4.42 Å². The molecule has 0 fully saturated rings. The lowest BCUT2D eigenvalue weighted by Gasteiger charge is -2.27. The van der Waals surface area contributed by atoms with E-state index in [9.17, 15) is 0 Å². The molecule has 3 rings (SSSR count). The van der Waals surface area contributed by atoms with Crippen LogP contribution >= 0.6 is 12.4 Å². The minimum Gasteiger partial charge on any atom is -0.465 e. The van der Waals surface area contributed by atoms with Crippen molar-refractivity contribution in [3.8, 4) is 0 Å². The van der Waals surface area contributed by atoms with Crippen molar-refractivity contribution >= 4 is 12.4 Å². The quantitative estimate of drug-likeness (QED) is 0.824. The van der Waals surface area contributed by atoms with Gasteiger partial charge >= 0.3 is 0 Å². The highest BCUT2D eigenvalue weighted by Crippen LogP contribution is 2.20. The van der Waals surface area contributed by atoms with Crippen molar-refractivity contribution in [2.24, 2.45) is 0 Å². The number of hydrogen-bond donors (Lipinski definition) is 0. The molecule has 0 saturated heterocycles. The van der Waals surface area contributed by atoms with Gasteiger partial charge in [0.25, 0.3) is 0 Å². The average Bonchev–Trinajstić information content (AvgIpc) is 2.75. The van der Waals surface area contributed by atoms with Gasteiger partial charge in [0.2, 0.25) is 0 Å². The molecule has 0 bridgehead atoms. The predicted octanol–water partition coefficient (Wildman–Crippen LogP) is 3.57. The number of aryl methyl sites for hydroxylation is 1. The Morgan fingerprint density at radius 2 is 1.89 bits per heavy atom. The van der Waals surface area contributed by atoms with Crippen LogP contribution in [0.15, 0.2) is 40.8 Å². The summed E-state index contributed by atoms with van der Waals surface area (Å²) in [5.74, 6) is 2.07. The number of fused-ring (bicyclic) bond motifs is 1. The first-order chi connectivity index (χ1) is 8.31. The molecule has 0 atom stereocenters. The van der Waals surface area contributed by atoms with Crippen LogP contribution in [0.5, 0.6) is 0 Å². The van der Waals surface area contributed by atoms with Crippen LogP contribution in [-0.2, 0) is 19.5 Å². The summed E-state index contributed by atoms with van der Waals surface area (Å²) < 4.78 is 5.63. The summed E-state index contributed by atoms with van der Waals surface area (Å²) in [5.41, 5.74) is 2.96. The molecule has 0 saturated carbocycles. The van der Waals surface area contributed by atoms with E-state index in [1.807, 2.05) is 13.0 Å². The first kappa shape index (κ1) is 13.2. The van der Waals surface area contributed by atoms with Crippen molar-refractivity contribution < 1.29 is 4.42 Å². The van der Waals surface area contributed by atoms with Gasteiger partial charge in [-0.15, -0.1) is 12.4 Å². The van der Waals surface area contributed by atoms with Gasteiger partial charge in [-0.25, -0.2) is 0 Å². The molecule has 1 aromatic carbocycles. The van der Waals surface area contributed by atoms with Crippen LogP contribution in [-0.4, -0.2) is 11.4 Å². The lowest BCUT2D eigenvalue weighted by molar-refractivity contribution is 0.224. The van der Waals surface area contributed by atoms with E-state index < -0.39 is 0 Å². The summed E-state index contributed by atoms with van der Waals surface area (Å²) in [6.07, 6.45) is 1.15. The van der Waals surface area contributed by atoms with Crippen LogP contribution in [0.3, 0.4) is 0 Å². The maximum absolute atomic E-state index is 5.63. The van der Waals surface area contributed by atoms with E-state index >= 15 is 0 Å². The second kappa shape index (κ2) is 5.59. The molecule has 0 aliphatic carbocycles. The molecule has 3 heteroatoms. The number of rotatable bonds is 2. The molecule has 0 radical (unpaired) electrons. The van der Waals surface area contributed by atoms with Crippen LogP contribution in [0.2, 0.25) is 0 Å². The van der Waals surface area contributed by atoms with Crippen molar-refractivity contribution in [2.75, 3.05) is 6.54 Å². The molecular weight excluding hydrogens is 246 g/mol. The number of nitrogens with zero attached hydrogens (tertiary/aromatic N) is 1. The number of halogens is 1. The van der Waals surface area contributed by atoms with Crippen LogP contribution in [0.4, 0.5) is 0 Å². The largest absolute Gasteiger partial charge is 0.465 e. The van der Waals surface area contributed by atoms with E-state index in [1.54, 1.807) is 0 Å². The van der Waals surface area contributed by atoms with Crippen molar-refractivity contribution in [2.45, 2.75) is 26.4 Å². The summed E-state index contributed by atoms with van der Waals surface area (Å²) in [6, 6.07) is 12.8. The van der Waals surface area contributed by atoms with Gasteiger partial charge in [-0.2, -0.15) is 0 Å². The first-order valence-corrected chi connectivity index (χ1v) is 6.16. The van der Waals surface area contributed by atoms with E-state index in [2.05, 4.69) is 35.2 Å². The molecule has 96 valence electrons. The van der Waals surface area contributed by atoms with Gasteiger partial charge in [0.1, 0.15) is 11.5 Å². The Bertz CT molecular complexity index is 521. The molecule has 1 aliphatic heterocycles. The van der Waals surface area contributed by atoms with Crippen LogP contribution in [0, 0.1) is 6.92 Å². The van der Waals surface area contributed by atoms with Gasteiger partial charge in [-0.3, -0.25) is 4.90 Å². The summed E-state index contributed by atoms with van der Waals surface area (Å²) >= 11 is 0. The second-order valence-corrected chi connectivity index (χ2v) is 4.74. The molecule has 2 nitrogen and oxygen atoms in total. The zero-order valence-corrected chi connectivity index (χ0v) is 11.4. The fourth-order valence-corrected chi connectivity index (χ4v) is 2.48. The SMILES string of the molecule is Cc1ccc(CN2CCc3ccccc3C2)o1.Cl. The molecule has 2 aromatic rings. The molecule has 0 N–H and O–H groups in total. The van der Waals surface area contributed by atoms with Gasteiger partial charge in [-0.05, 0) is 36.6 Å². The van der Waals surface area contributed by atoms with Crippen LogP contribution in [0.25, 0.3) is 0 Å². The summed E-state index contributed by atoms with van der Waals surface area (Å²) in [7, 11) is 0. The summed E-state index contributed by atoms with van der Waals surface area (Å²) in [6.45, 7) is 5.07. The zero-order valence-electron chi connectivity index (χ0n) is 10.6. The molecule has 18 heavy (non-hydrogen) atoms. The monoisotopic (exact) mass is 263 g/mol. The van der Waals surface area contributed by atoms with E-state index in [0.29, 0.717) is 0 Å². The van der Waals surface area contributed by atoms with E-state index in [1.165, 1.54) is 11.1 Å². The van der Waals surface area contributed by atoms with Gasteiger partial charge in [0.15, 0.2) is 0 Å². The van der Waals surface area contributed by atoms with Gasteiger partial charge in [0, 0.05) is 13.1 Å². The zero-order chi connectivity index (χ0) is 11.7. The van der Waals surface area contributed by atoms with Gasteiger partial charge in [0.05, 0.1) is 6.54 Å². The smallest absolute Gasteiger partial charge is 0.118 e. The molecule has 0 unspecified atom stereocenters. The lowest BCUT2D eigenvalue weighted by Crippen LogP contribution is -2.29. The van der Waals surface area contributed by atoms with Crippen LogP contribution in [0.1, 0.15) is 22.6 Å².